The summed E-state index contributed by atoms with van der Waals surface area (Å²) in [6.45, 7) is 7.16. The molecule has 1 amide bonds. The Morgan fingerprint density at radius 3 is 2.71 bits per heavy atom. The molecule has 17 heavy (non-hydrogen) atoms. The van der Waals surface area contributed by atoms with Gasteiger partial charge in [0.2, 0.25) is 0 Å². The molecular weight excluding hydrogens is 220 g/mol. The monoisotopic (exact) mass is 244 g/mol. The molecule has 1 saturated heterocycles. The van der Waals surface area contributed by atoms with Gasteiger partial charge in [-0.2, -0.15) is 0 Å². The number of nitrogens with zero attached hydrogens (tertiary/aromatic N) is 1. The van der Waals surface area contributed by atoms with Crippen LogP contribution in [0.3, 0.4) is 0 Å². The lowest BCUT2D eigenvalue weighted by Crippen LogP contribution is -2.48. The van der Waals surface area contributed by atoms with E-state index in [2.05, 4.69) is 0 Å². The summed E-state index contributed by atoms with van der Waals surface area (Å²) in [5, 5.41) is 9.80. The third kappa shape index (κ3) is 4.52. The van der Waals surface area contributed by atoms with Gasteiger partial charge in [0.25, 0.3) is 0 Å². The van der Waals surface area contributed by atoms with Crippen LogP contribution in [0, 0.1) is 5.92 Å². The minimum absolute atomic E-state index is 0.0706. The molecule has 1 heterocycles. The smallest absolute Gasteiger partial charge is 0.410 e. The Labute approximate surface area is 103 Å². The van der Waals surface area contributed by atoms with Crippen molar-refractivity contribution >= 4 is 6.09 Å². The zero-order valence-corrected chi connectivity index (χ0v) is 11.0. The maximum atomic E-state index is 11.9. The van der Waals surface area contributed by atoms with Crippen molar-refractivity contribution in [1.82, 2.24) is 4.90 Å². The van der Waals surface area contributed by atoms with Crippen LogP contribution in [0.2, 0.25) is 0 Å². The molecule has 2 unspecified atom stereocenters. The molecule has 2 atom stereocenters. The summed E-state index contributed by atoms with van der Waals surface area (Å²) in [4.78, 5) is 13.5. The lowest BCUT2D eigenvalue weighted by Gasteiger charge is -2.36. The van der Waals surface area contributed by atoms with Gasteiger partial charge < -0.3 is 20.5 Å². The predicted octanol–water partition coefficient (Wildman–Crippen LogP) is 0.953. The van der Waals surface area contributed by atoms with E-state index < -0.39 is 5.60 Å². The van der Waals surface area contributed by atoms with E-state index in [0.29, 0.717) is 26.1 Å². The highest BCUT2D eigenvalue weighted by Gasteiger charge is 2.31. The molecule has 5 heteroatoms. The number of hydrogen-bond donors (Lipinski definition) is 2. The third-order valence-corrected chi connectivity index (χ3v) is 2.88. The Balaban J connectivity index is 2.52. The molecule has 0 aromatic carbocycles. The molecule has 0 bridgehead atoms. The van der Waals surface area contributed by atoms with Crippen molar-refractivity contribution in [2.75, 3.05) is 19.6 Å². The first-order valence-corrected chi connectivity index (χ1v) is 6.19. The van der Waals surface area contributed by atoms with Crippen LogP contribution in [0.25, 0.3) is 0 Å². The SMILES string of the molecule is CC(C)(C)OC(=O)N1CCC(O)C(CCN)C1. The number of hydrogen-bond acceptors (Lipinski definition) is 4. The van der Waals surface area contributed by atoms with Gasteiger partial charge in [-0.1, -0.05) is 0 Å². The number of nitrogens with two attached hydrogens (primary N) is 1. The molecular formula is C12H24N2O3. The minimum atomic E-state index is -0.476. The van der Waals surface area contributed by atoms with Crippen molar-refractivity contribution in [1.29, 1.82) is 0 Å². The van der Waals surface area contributed by atoms with Crippen molar-refractivity contribution in [3.05, 3.63) is 0 Å². The second kappa shape index (κ2) is 5.69. The van der Waals surface area contributed by atoms with Crippen molar-refractivity contribution in [2.24, 2.45) is 11.7 Å². The maximum absolute atomic E-state index is 11.9. The molecule has 1 aliphatic heterocycles. The second-order valence-electron chi connectivity index (χ2n) is 5.62. The van der Waals surface area contributed by atoms with E-state index in [1.54, 1.807) is 4.90 Å². The number of aliphatic hydroxyl groups is 1. The highest BCUT2D eigenvalue weighted by Crippen LogP contribution is 2.21. The highest BCUT2D eigenvalue weighted by atomic mass is 16.6. The largest absolute Gasteiger partial charge is 0.444 e. The number of likely N-dealkylation sites (tertiary alicyclic amines) is 1. The molecule has 3 N–H and O–H groups in total. The summed E-state index contributed by atoms with van der Waals surface area (Å²) in [5.41, 5.74) is 5.02. The lowest BCUT2D eigenvalue weighted by molar-refractivity contribution is -0.00944. The summed E-state index contributed by atoms with van der Waals surface area (Å²) in [6, 6.07) is 0. The summed E-state index contributed by atoms with van der Waals surface area (Å²) < 4.78 is 5.31. The van der Waals surface area contributed by atoms with Crippen LogP contribution in [0.15, 0.2) is 0 Å². The Bertz CT molecular complexity index is 263. The number of carbonyl (C=O) groups excluding carboxylic acids is 1. The summed E-state index contributed by atoms with van der Waals surface area (Å²) >= 11 is 0. The van der Waals surface area contributed by atoms with Gasteiger partial charge in [0.05, 0.1) is 6.10 Å². The number of aliphatic hydroxyl groups excluding tert-OH is 1. The van der Waals surface area contributed by atoms with Gasteiger partial charge in [0, 0.05) is 19.0 Å². The lowest BCUT2D eigenvalue weighted by atomic mass is 9.92. The van der Waals surface area contributed by atoms with Crippen molar-refractivity contribution in [2.45, 2.75) is 45.3 Å². The normalized spacial score (nSPS) is 25.8. The molecule has 1 aliphatic rings. The van der Waals surface area contributed by atoms with Crippen molar-refractivity contribution < 1.29 is 14.6 Å². The highest BCUT2D eigenvalue weighted by molar-refractivity contribution is 5.68. The molecule has 0 saturated carbocycles. The quantitative estimate of drug-likeness (QED) is 0.758. The average molecular weight is 244 g/mol. The first-order chi connectivity index (χ1) is 7.83. The van der Waals surface area contributed by atoms with E-state index in [4.69, 9.17) is 10.5 Å². The molecule has 100 valence electrons. The number of rotatable bonds is 2. The zero-order chi connectivity index (χ0) is 13.1. The molecule has 5 nitrogen and oxygen atoms in total. The van der Waals surface area contributed by atoms with Crippen LogP contribution in [0.4, 0.5) is 4.79 Å². The van der Waals surface area contributed by atoms with Gasteiger partial charge in [0.15, 0.2) is 0 Å². The summed E-state index contributed by atoms with van der Waals surface area (Å²) in [6.07, 6.45) is 0.688. The van der Waals surface area contributed by atoms with Crippen LogP contribution in [-0.2, 0) is 4.74 Å². The minimum Gasteiger partial charge on any atom is -0.444 e. The fourth-order valence-electron chi connectivity index (χ4n) is 2.01. The molecule has 1 fully saturated rings. The number of piperidine rings is 1. The van der Waals surface area contributed by atoms with Gasteiger partial charge in [-0.05, 0) is 40.2 Å². The molecule has 0 aromatic heterocycles. The average Bonchev–Trinajstić information content (AvgIpc) is 2.19. The fraction of sp³-hybridized carbons (Fsp3) is 0.917. The Morgan fingerprint density at radius 2 is 2.18 bits per heavy atom. The molecule has 0 aromatic rings. The fourth-order valence-corrected chi connectivity index (χ4v) is 2.01. The molecule has 0 spiro atoms. The second-order valence-corrected chi connectivity index (χ2v) is 5.62. The van der Waals surface area contributed by atoms with Crippen LogP contribution < -0.4 is 5.73 Å². The first kappa shape index (κ1) is 14.3. The zero-order valence-electron chi connectivity index (χ0n) is 11.0. The standard InChI is InChI=1S/C12H24N2O3/c1-12(2,3)17-11(16)14-7-5-10(15)9(8-14)4-6-13/h9-10,15H,4-8,13H2,1-3H3. The van der Waals surface area contributed by atoms with Crippen molar-refractivity contribution in [3.8, 4) is 0 Å². The molecule has 1 rings (SSSR count). The van der Waals surface area contributed by atoms with E-state index in [1.807, 2.05) is 20.8 Å². The van der Waals surface area contributed by atoms with E-state index in [1.165, 1.54) is 0 Å². The topological polar surface area (TPSA) is 75.8 Å². The summed E-state index contributed by atoms with van der Waals surface area (Å²) in [5.74, 6) is 0.0706. The van der Waals surface area contributed by atoms with Gasteiger partial charge in [-0.25, -0.2) is 4.79 Å². The van der Waals surface area contributed by atoms with Crippen LogP contribution in [0.5, 0.6) is 0 Å². The molecule has 0 radical (unpaired) electrons. The van der Waals surface area contributed by atoms with Gasteiger partial charge in [-0.3, -0.25) is 0 Å². The Kier molecular flexibility index (Phi) is 4.77. The van der Waals surface area contributed by atoms with Crippen LogP contribution in [0.1, 0.15) is 33.6 Å². The predicted molar refractivity (Wildman–Crippen MR) is 65.6 cm³/mol. The van der Waals surface area contributed by atoms with E-state index in [0.717, 1.165) is 6.42 Å². The Morgan fingerprint density at radius 1 is 1.53 bits per heavy atom. The first-order valence-electron chi connectivity index (χ1n) is 6.19. The number of amides is 1. The Hall–Kier alpha value is -0.810. The maximum Gasteiger partial charge on any atom is 0.410 e. The van der Waals surface area contributed by atoms with Gasteiger partial charge in [0.1, 0.15) is 5.60 Å². The van der Waals surface area contributed by atoms with Gasteiger partial charge >= 0.3 is 6.09 Å². The van der Waals surface area contributed by atoms with Gasteiger partial charge in [-0.15, -0.1) is 0 Å². The van der Waals surface area contributed by atoms with Crippen LogP contribution in [-0.4, -0.2) is 47.4 Å². The number of carbonyl (C=O) groups is 1. The van der Waals surface area contributed by atoms with E-state index in [-0.39, 0.29) is 18.1 Å². The third-order valence-electron chi connectivity index (χ3n) is 2.88. The molecule has 0 aliphatic carbocycles. The number of ether oxygens (including phenoxy) is 1. The van der Waals surface area contributed by atoms with E-state index in [9.17, 15) is 9.90 Å². The van der Waals surface area contributed by atoms with E-state index >= 15 is 0 Å². The van der Waals surface area contributed by atoms with Crippen LogP contribution >= 0.6 is 0 Å². The van der Waals surface area contributed by atoms with Crippen molar-refractivity contribution in [3.63, 3.8) is 0 Å². The summed E-state index contributed by atoms with van der Waals surface area (Å²) in [7, 11) is 0.